The van der Waals surface area contributed by atoms with Gasteiger partial charge >= 0.3 is 0 Å². The van der Waals surface area contributed by atoms with Gasteiger partial charge in [0, 0.05) is 4.90 Å². The fraction of sp³-hybridized carbons (Fsp3) is 0.364. The van der Waals surface area contributed by atoms with Crippen molar-refractivity contribution in [2.75, 3.05) is 12.4 Å². The third-order valence-electron chi connectivity index (χ3n) is 1.76. The maximum atomic E-state index is 12.0. The molecule has 1 rings (SSSR count). The van der Waals surface area contributed by atoms with Crippen molar-refractivity contribution in [2.45, 2.75) is 18.2 Å². The second-order valence-corrected chi connectivity index (χ2v) is 4.18. The number of hydrogen-bond donors (Lipinski definition) is 0. The first-order valence-corrected chi connectivity index (χ1v) is 5.74. The molecule has 0 saturated heterocycles. The minimum atomic E-state index is -2.53. The largest absolute Gasteiger partial charge is 0.486 e. The van der Waals surface area contributed by atoms with Crippen molar-refractivity contribution >= 4 is 11.8 Å². The molecule has 0 saturated carbocycles. The molecule has 0 aliphatic carbocycles. The van der Waals surface area contributed by atoms with Crippen LogP contribution in [0, 0.1) is 11.3 Å². The molecule has 0 bridgehead atoms. The quantitative estimate of drug-likeness (QED) is 0.744. The lowest BCUT2D eigenvalue weighted by atomic mass is 10.2. The van der Waals surface area contributed by atoms with Crippen LogP contribution in [-0.4, -0.2) is 18.8 Å². The van der Waals surface area contributed by atoms with Crippen LogP contribution in [0.5, 0.6) is 5.75 Å². The van der Waals surface area contributed by atoms with E-state index in [1.807, 2.05) is 13.0 Å². The number of alkyl halides is 2. The van der Waals surface area contributed by atoms with Gasteiger partial charge in [-0.05, 0) is 17.9 Å². The summed E-state index contributed by atoms with van der Waals surface area (Å²) in [4.78, 5) is 0.761. The van der Waals surface area contributed by atoms with Gasteiger partial charge in [-0.25, -0.2) is 8.78 Å². The Kier molecular flexibility index (Phi) is 5.06. The van der Waals surface area contributed by atoms with E-state index in [2.05, 4.69) is 0 Å². The van der Waals surface area contributed by atoms with Crippen LogP contribution in [0.25, 0.3) is 0 Å². The minimum Gasteiger partial charge on any atom is -0.486 e. The first-order chi connectivity index (χ1) is 7.69. The molecule has 5 heteroatoms. The van der Waals surface area contributed by atoms with Crippen LogP contribution in [0.4, 0.5) is 8.78 Å². The van der Waals surface area contributed by atoms with E-state index < -0.39 is 13.0 Å². The molecular weight excluding hydrogens is 232 g/mol. The molecule has 0 heterocycles. The Morgan fingerprint density at radius 2 is 2.25 bits per heavy atom. The summed E-state index contributed by atoms with van der Waals surface area (Å²) < 4.78 is 28.9. The topological polar surface area (TPSA) is 33.0 Å². The van der Waals surface area contributed by atoms with Gasteiger partial charge in [-0.15, -0.1) is 11.8 Å². The number of nitriles is 1. The maximum absolute atomic E-state index is 12.0. The molecule has 86 valence electrons. The third-order valence-corrected chi connectivity index (χ3v) is 2.70. The predicted molar refractivity (Wildman–Crippen MR) is 59.1 cm³/mol. The lowest BCUT2D eigenvalue weighted by Crippen LogP contribution is -2.08. The zero-order valence-electron chi connectivity index (χ0n) is 8.74. The zero-order valence-corrected chi connectivity index (χ0v) is 9.56. The molecule has 0 aliphatic rings. The van der Waals surface area contributed by atoms with Gasteiger partial charge in [0.05, 0.1) is 0 Å². The molecule has 1 aromatic rings. The highest BCUT2D eigenvalue weighted by Gasteiger charge is 2.11. The molecule has 0 aliphatic heterocycles. The summed E-state index contributed by atoms with van der Waals surface area (Å²) in [5, 5.41) is 8.96. The highest BCUT2D eigenvalue weighted by Crippen LogP contribution is 2.29. The van der Waals surface area contributed by atoms with E-state index in [1.54, 1.807) is 12.1 Å². The molecule has 0 atom stereocenters. The van der Waals surface area contributed by atoms with Crippen LogP contribution in [0.1, 0.15) is 12.5 Å². The van der Waals surface area contributed by atoms with Gasteiger partial charge in [0.25, 0.3) is 6.43 Å². The van der Waals surface area contributed by atoms with Gasteiger partial charge in [0.2, 0.25) is 0 Å². The molecule has 16 heavy (non-hydrogen) atoms. The Balaban J connectivity index is 2.91. The fourth-order valence-electron chi connectivity index (χ4n) is 1.17. The molecule has 0 amide bonds. The summed E-state index contributed by atoms with van der Waals surface area (Å²) in [6, 6.07) is 6.98. The number of rotatable bonds is 5. The molecule has 0 radical (unpaired) electrons. The first kappa shape index (κ1) is 12.8. The Labute approximate surface area is 97.2 Å². The van der Waals surface area contributed by atoms with Crippen LogP contribution >= 0.6 is 11.8 Å². The standard InChI is InChI=1S/C11H11F2NOS/c1-2-16-10-5-3-4-9(8(10)6-14)15-7-11(12)13/h3-5,11H,2,7H2,1H3. The molecule has 0 N–H and O–H groups in total. The summed E-state index contributed by atoms with van der Waals surface area (Å²) in [6.45, 7) is 1.27. The third kappa shape index (κ3) is 3.38. The maximum Gasteiger partial charge on any atom is 0.272 e. The van der Waals surface area contributed by atoms with Gasteiger partial charge in [-0.2, -0.15) is 5.26 Å². The van der Waals surface area contributed by atoms with Crippen molar-refractivity contribution in [3.05, 3.63) is 23.8 Å². The Bertz CT molecular complexity index is 390. The molecule has 0 fully saturated rings. The van der Waals surface area contributed by atoms with Crippen molar-refractivity contribution in [1.82, 2.24) is 0 Å². The van der Waals surface area contributed by atoms with Crippen molar-refractivity contribution in [2.24, 2.45) is 0 Å². The molecule has 0 aromatic heterocycles. The van der Waals surface area contributed by atoms with E-state index in [-0.39, 0.29) is 5.75 Å². The number of ether oxygens (including phenoxy) is 1. The SMILES string of the molecule is CCSc1cccc(OCC(F)F)c1C#N. The molecule has 1 aromatic carbocycles. The molecular formula is C11H11F2NOS. The van der Waals surface area contributed by atoms with Gasteiger partial charge in [0.1, 0.15) is 24.0 Å². The number of benzene rings is 1. The van der Waals surface area contributed by atoms with E-state index in [9.17, 15) is 8.78 Å². The van der Waals surface area contributed by atoms with Crippen LogP contribution in [0.15, 0.2) is 23.1 Å². The van der Waals surface area contributed by atoms with E-state index in [4.69, 9.17) is 10.00 Å². The second kappa shape index (κ2) is 6.33. The highest BCUT2D eigenvalue weighted by atomic mass is 32.2. The minimum absolute atomic E-state index is 0.223. The van der Waals surface area contributed by atoms with Crippen molar-refractivity contribution in [1.29, 1.82) is 5.26 Å². The van der Waals surface area contributed by atoms with Crippen LogP contribution in [-0.2, 0) is 0 Å². The van der Waals surface area contributed by atoms with E-state index in [0.717, 1.165) is 10.6 Å². The number of halogens is 2. The van der Waals surface area contributed by atoms with Gasteiger partial charge in [0.15, 0.2) is 0 Å². The fourth-order valence-corrected chi connectivity index (χ4v) is 1.95. The number of thioether (sulfide) groups is 1. The Morgan fingerprint density at radius 1 is 1.50 bits per heavy atom. The average molecular weight is 243 g/mol. The van der Waals surface area contributed by atoms with E-state index in [1.165, 1.54) is 17.8 Å². The summed E-state index contributed by atoms with van der Waals surface area (Å²) in [5.41, 5.74) is 0.329. The van der Waals surface area contributed by atoms with Crippen molar-refractivity contribution < 1.29 is 13.5 Å². The predicted octanol–water partition coefficient (Wildman–Crippen LogP) is 3.31. The number of nitrogens with zero attached hydrogens (tertiary/aromatic N) is 1. The van der Waals surface area contributed by atoms with Gasteiger partial charge in [-0.3, -0.25) is 0 Å². The molecule has 0 spiro atoms. The van der Waals surface area contributed by atoms with Crippen LogP contribution in [0.3, 0.4) is 0 Å². The highest BCUT2D eigenvalue weighted by molar-refractivity contribution is 7.99. The summed E-state index contributed by atoms with van der Waals surface area (Å²) >= 11 is 1.48. The van der Waals surface area contributed by atoms with E-state index in [0.29, 0.717) is 5.56 Å². The smallest absolute Gasteiger partial charge is 0.272 e. The van der Waals surface area contributed by atoms with Gasteiger partial charge < -0.3 is 4.74 Å². The monoisotopic (exact) mass is 243 g/mol. The number of hydrogen-bond acceptors (Lipinski definition) is 3. The average Bonchev–Trinajstić information content (AvgIpc) is 2.27. The Morgan fingerprint density at radius 3 is 2.81 bits per heavy atom. The first-order valence-electron chi connectivity index (χ1n) is 4.76. The Hall–Kier alpha value is -1.28. The van der Waals surface area contributed by atoms with Crippen LogP contribution < -0.4 is 4.74 Å². The zero-order chi connectivity index (χ0) is 12.0. The molecule has 2 nitrogen and oxygen atoms in total. The van der Waals surface area contributed by atoms with Crippen LogP contribution in [0.2, 0.25) is 0 Å². The lowest BCUT2D eigenvalue weighted by molar-refractivity contribution is 0.0816. The normalized spacial score (nSPS) is 10.2. The summed E-state index contributed by atoms with van der Waals surface area (Å²) in [7, 11) is 0. The van der Waals surface area contributed by atoms with Gasteiger partial charge in [-0.1, -0.05) is 13.0 Å². The summed E-state index contributed by atoms with van der Waals surface area (Å²) in [5.74, 6) is 1.04. The van der Waals surface area contributed by atoms with Crippen molar-refractivity contribution in [3.8, 4) is 11.8 Å². The van der Waals surface area contributed by atoms with E-state index >= 15 is 0 Å². The molecule has 0 unspecified atom stereocenters. The van der Waals surface area contributed by atoms with Crippen molar-refractivity contribution in [3.63, 3.8) is 0 Å². The second-order valence-electron chi connectivity index (χ2n) is 2.88. The summed E-state index contributed by atoms with van der Waals surface area (Å²) in [6.07, 6.45) is -2.53. The lowest BCUT2D eigenvalue weighted by Gasteiger charge is -2.09.